The number of nitro benzene ring substituents is 1. The van der Waals surface area contributed by atoms with Crippen LogP contribution in [-0.4, -0.2) is 17.4 Å². The van der Waals surface area contributed by atoms with Crippen LogP contribution in [0.1, 0.15) is 44.4 Å². The van der Waals surface area contributed by atoms with Gasteiger partial charge < -0.3 is 10.1 Å². The van der Waals surface area contributed by atoms with E-state index in [9.17, 15) is 14.9 Å². The molecule has 2 rings (SSSR count). The summed E-state index contributed by atoms with van der Waals surface area (Å²) in [5, 5.41) is 13.7. The number of non-ortho nitro benzene ring substituents is 1. The lowest BCUT2D eigenvalue weighted by atomic mass is 9.94. The fourth-order valence-corrected chi connectivity index (χ4v) is 2.84. The van der Waals surface area contributed by atoms with Crippen molar-refractivity contribution in [2.24, 2.45) is 5.92 Å². The number of carbonyl (C=O) groups excluding carboxylic acids is 1. The zero-order chi connectivity index (χ0) is 19.8. The van der Waals surface area contributed by atoms with Crippen LogP contribution in [0.3, 0.4) is 0 Å². The number of hydrogen-bond donors (Lipinski definition) is 1. The van der Waals surface area contributed by atoms with Gasteiger partial charge in [-0.2, -0.15) is 0 Å². The van der Waals surface area contributed by atoms with Gasteiger partial charge in [-0.25, -0.2) is 0 Å². The predicted octanol–water partition coefficient (Wildman–Crippen LogP) is 4.44. The average molecular weight is 370 g/mol. The highest BCUT2D eigenvalue weighted by atomic mass is 16.6. The maximum atomic E-state index is 12.3. The van der Waals surface area contributed by atoms with Gasteiger partial charge in [0.25, 0.3) is 11.6 Å². The van der Waals surface area contributed by atoms with Gasteiger partial charge in [-0.3, -0.25) is 14.9 Å². The summed E-state index contributed by atoms with van der Waals surface area (Å²) in [6.45, 7) is 6.12. The summed E-state index contributed by atoms with van der Waals surface area (Å²) in [6.07, 6.45) is 2.14. The highest BCUT2D eigenvalue weighted by Crippen LogP contribution is 2.23. The molecule has 144 valence electrons. The van der Waals surface area contributed by atoms with Gasteiger partial charge in [0, 0.05) is 12.1 Å². The molecule has 0 fully saturated rings. The molecule has 0 aliphatic rings. The summed E-state index contributed by atoms with van der Waals surface area (Å²) in [7, 11) is 0. The normalized spacial score (nSPS) is 11.9. The Kier molecular flexibility index (Phi) is 7.34. The number of nitro groups is 1. The summed E-state index contributed by atoms with van der Waals surface area (Å²) in [4.78, 5) is 22.5. The number of ether oxygens (including phenoxy) is 1. The molecule has 1 N–H and O–H groups in total. The van der Waals surface area contributed by atoms with Crippen molar-refractivity contribution >= 4 is 11.6 Å². The minimum absolute atomic E-state index is 0.0156. The number of nitrogens with one attached hydrogen (secondary N) is 1. The molecule has 2 aromatic carbocycles. The SMILES string of the molecule is CCCc1ccc(C(NC(=O)COc2ccc([N+](=O)[O-])cc2)C(C)C)cc1. The average Bonchev–Trinajstić information content (AvgIpc) is 2.65. The first-order valence-corrected chi connectivity index (χ1v) is 9.16. The number of amides is 1. The van der Waals surface area contributed by atoms with Crippen molar-refractivity contribution in [2.45, 2.75) is 39.7 Å². The van der Waals surface area contributed by atoms with Gasteiger partial charge in [0.1, 0.15) is 5.75 Å². The lowest BCUT2D eigenvalue weighted by Gasteiger charge is -2.23. The third-order valence-corrected chi connectivity index (χ3v) is 4.28. The maximum absolute atomic E-state index is 12.3. The number of hydrogen-bond acceptors (Lipinski definition) is 4. The summed E-state index contributed by atoms with van der Waals surface area (Å²) in [6, 6.07) is 13.9. The number of benzene rings is 2. The molecule has 2 aromatic rings. The Labute approximate surface area is 159 Å². The Balaban J connectivity index is 1.95. The van der Waals surface area contributed by atoms with Crippen LogP contribution in [0, 0.1) is 16.0 Å². The largest absolute Gasteiger partial charge is 0.484 e. The van der Waals surface area contributed by atoms with Crippen LogP contribution in [0.2, 0.25) is 0 Å². The lowest BCUT2D eigenvalue weighted by molar-refractivity contribution is -0.384. The topological polar surface area (TPSA) is 81.5 Å². The minimum Gasteiger partial charge on any atom is -0.484 e. The van der Waals surface area contributed by atoms with Gasteiger partial charge in [0.05, 0.1) is 11.0 Å². The van der Waals surface area contributed by atoms with Crippen LogP contribution in [0.4, 0.5) is 5.69 Å². The number of carbonyl (C=O) groups is 1. The van der Waals surface area contributed by atoms with Gasteiger partial charge in [-0.1, -0.05) is 51.5 Å². The molecule has 27 heavy (non-hydrogen) atoms. The van der Waals surface area contributed by atoms with Gasteiger partial charge in [0.15, 0.2) is 6.61 Å². The van der Waals surface area contributed by atoms with E-state index < -0.39 is 4.92 Å². The Bertz CT molecular complexity index is 755. The van der Waals surface area contributed by atoms with Gasteiger partial charge in [-0.15, -0.1) is 0 Å². The Morgan fingerprint density at radius 3 is 2.26 bits per heavy atom. The first kappa shape index (κ1) is 20.4. The Morgan fingerprint density at radius 1 is 1.11 bits per heavy atom. The number of nitrogens with zero attached hydrogens (tertiary/aromatic N) is 1. The van der Waals surface area contributed by atoms with Gasteiger partial charge in [0.2, 0.25) is 0 Å². The second kappa shape index (κ2) is 9.71. The molecule has 0 aromatic heterocycles. The van der Waals surface area contributed by atoms with Crippen LogP contribution < -0.4 is 10.1 Å². The molecule has 1 unspecified atom stereocenters. The van der Waals surface area contributed by atoms with Crippen LogP contribution in [0.25, 0.3) is 0 Å². The van der Waals surface area contributed by atoms with E-state index >= 15 is 0 Å². The van der Waals surface area contributed by atoms with Crippen LogP contribution in [0.15, 0.2) is 48.5 Å². The van der Waals surface area contributed by atoms with Crippen molar-refractivity contribution in [1.29, 1.82) is 0 Å². The molecule has 0 saturated heterocycles. The number of rotatable bonds is 9. The standard InChI is InChI=1S/C21H26N2O4/c1-4-5-16-6-8-17(9-7-16)21(15(2)3)22-20(24)14-27-19-12-10-18(11-13-19)23(25)26/h6-13,15,21H,4-5,14H2,1-3H3,(H,22,24). The molecule has 0 aliphatic carbocycles. The quantitative estimate of drug-likeness (QED) is 0.523. The van der Waals surface area contributed by atoms with E-state index in [4.69, 9.17) is 4.74 Å². The number of aryl methyl sites for hydroxylation is 1. The van der Waals surface area contributed by atoms with Crippen LogP contribution >= 0.6 is 0 Å². The van der Waals surface area contributed by atoms with E-state index in [-0.39, 0.29) is 30.2 Å². The first-order valence-electron chi connectivity index (χ1n) is 9.16. The lowest BCUT2D eigenvalue weighted by Crippen LogP contribution is -2.35. The monoisotopic (exact) mass is 370 g/mol. The van der Waals surface area contributed by atoms with Crippen molar-refractivity contribution in [3.63, 3.8) is 0 Å². The summed E-state index contributed by atoms with van der Waals surface area (Å²) in [5.41, 5.74) is 2.34. The third-order valence-electron chi connectivity index (χ3n) is 4.28. The molecule has 0 aliphatic heterocycles. The van der Waals surface area contributed by atoms with E-state index in [1.165, 1.54) is 29.8 Å². The van der Waals surface area contributed by atoms with E-state index in [0.717, 1.165) is 18.4 Å². The summed E-state index contributed by atoms with van der Waals surface area (Å²) >= 11 is 0. The van der Waals surface area contributed by atoms with Crippen molar-refractivity contribution in [2.75, 3.05) is 6.61 Å². The van der Waals surface area contributed by atoms with E-state index in [0.29, 0.717) is 5.75 Å². The molecule has 0 spiro atoms. The zero-order valence-electron chi connectivity index (χ0n) is 16.0. The minimum atomic E-state index is -0.477. The third kappa shape index (κ3) is 6.09. The van der Waals surface area contributed by atoms with Gasteiger partial charge >= 0.3 is 0 Å². The molecular weight excluding hydrogens is 344 g/mol. The Hall–Kier alpha value is -2.89. The summed E-state index contributed by atoms with van der Waals surface area (Å²) in [5.74, 6) is 0.413. The predicted molar refractivity (Wildman–Crippen MR) is 105 cm³/mol. The molecule has 0 radical (unpaired) electrons. The zero-order valence-corrected chi connectivity index (χ0v) is 16.0. The highest BCUT2D eigenvalue weighted by molar-refractivity contribution is 5.78. The van der Waals surface area contributed by atoms with Gasteiger partial charge in [-0.05, 0) is 35.6 Å². The molecule has 0 heterocycles. The molecule has 1 atom stereocenters. The first-order chi connectivity index (χ1) is 12.9. The molecule has 6 heteroatoms. The second-order valence-corrected chi connectivity index (χ2v) is 6.82. The fourth-order valence-electron chi connectivity index (χ4n) is 2.84. The van der Waals surface area contributed by atoms with Crippen LogP contribution in [0.5, 0.6) is 5.75 Å². The highest BCUT2D eigenvalue weighted by Gasteiger charge is 2.18. The van der Waals surface area contributed by atoms with E-state index in [1.54, 1.807) is 0 Å². The van der Waals surface area contributed by atoms with Crippen molar-refractivity contribution in [3.8, 4) is 5.75 Å². The van der Waals surface area contributed by atoms with Crippen molar-refractivity contribution in [1.82, 2.24) is 5.32 Å². The fraction of sp³-hybridized carbons (Fsp3) is 0.381. The molecular formula is C21H26N2O4. The maximum Gasteiger partial charge on any atom is 0.269 e. The smallest absolute Gasteiger partial charge is 0.269 e. The molecule has 0 saturated carbocycles. The summed E-state index contributed by atoms with van der Waals surface area (Å²) < 4.78 is 5.44. The van der Waals surface area contributed by atoms with Crippen molar-refractivity contribution in [3.05, 3.63) is 69.8 Å². The molecule has 0 bridgehead atoms. The van der Waals surface area contributed by atoms with Crippen LogP contribution in [-0.2, 0) is 11.2 Å². The molecule has 6 nitrogen and oxygen atoms in total. The van der Waals surface area contributed by atoms with Crippen molar-refractivity contribution < 1.29 is 14.5 Å². The van der Waals surface area contributed by atoms with E-state index in [2.05, 4.69) is 50.4 Å². The Morgan fingerprint density at radius 2 is 1.74 bits per heavy atom. The molecule has 1 amide bonds. The van der Waals surface area contributed by atoms with E-state index in [1.807, 2.05) is 0 Å². The second-order valence-electron chi connectivity index (χ2n) is 6.82.